The lowest BCUT2D eigenvalue weighted by molar-refractivity contribution is 0.664. The first kappa shape index (κ1) is 10.6. The SMILES string of the molecule is Clc1ccc2oc3c(Cl)nc(C4CC4)nc3c2c1. The average Bonchev–Trinajstić information content (AvgIpc) is 3.13. The fourth-order valence-corrected chi connectivity index (χ4v) is 2.51. The largest absolute Gasteiger partial charge is 0.451 e. The molecular weight excluding hydrogens is 271 g/mol. The Labute approximate surface area is 113 Å². The van der Waals surface area contributed by atoms with Gasteiger partial charge in [-0.25, -0.2) is 9.97 Å². The molecule has 1 fully saturated rings. The molecule has 5 heteroatoms. The third kappa shape index (κ3) is 1.51. The zero-order valence-electron chi connectivity index (χ0n) is 9.28. The summed E-state index contributed by atoms with van der Waals surface area (Å²) < 4.78 is 5.68. The van der Waals surface area contributed by atoms with Crippen molar-refractivity contribution in [3.05, 3.63) is 34.2 Å². The summed E-state index contributed by atoms with van der Waals surface area (Å²) in [6.45, 7) is 0. The van der Waals surface area contributed by atoms with Crippen molar-refractivity contribution in [2.75, 3.05) is 0 Å². The minimum absolute atomic E-state index is 0.384. The predicted octanol–water partition coefficient (Wildman–Crippen LogP) is 4.56. The second-order valence-electron chi connectivity index (χ2n) is 4.57. The summed E-state index contributed by atoms with van der Waals surface area (Å²) in [7, 11) is 0. The molecule has 0 aliphatic heterocycles. The van der Waals surface area contributed by atoms with Gasteiger partial charge in [-0.05, 0) is 31.0 Å². The zero-order chi connectivity index (χ0) is 12.3. The van der Waals surface area contributed by atoms with E-state index in [4.69, 9.17) is 27.6 Å². The summed E-state index contributed by atoms with van der Waals surface area (Å²) in [6.07, 6.45) is 2.27. The van der Waals surface area contributed by atoms with Gasteiger partial charge in [0.15, 0.2) is 10.7 Å². The van der Waals surface area contributed by atoms with Crippen LogP contribution < -0.4 is 0 Å². The lowest BCUT2D eigenvalue weighted by Gasteiger charge is -1.98. The van der Waals surface area contributed by atoms with E-state index >= 15 is 0 Å². The van der Waals surface area contributed by atoms with Gasteiger partial charge in [0.05, 0.1) is 0 Å². The highest BCUT2D eigenvalue weighted by atomic mass is 35.5. The number of hydrogen-bond donors (Lipinski definition) is 0. The van der Waals surface area contributed by atoms with Crippen molar-refractivity contribution in [3.8, 4) is 0 Å². The van der Waals surface area contributed by atoms with E-state index in [1.807, 2.05) is 12.1 Å². The molecule has 4 rings (SSSR count). The molecule has 0 atom stereocenters. The van der Waals surface area contributed by atoms with Crippen LogP contribution in [-0.4, -0.2) is 9.97 Å². The maximum Gasteiger partial charge on any atom is 0.191 e. The predicted molar refractivity (Wildman–Crippen MR) is 71.3 cm³/mol. The van der Waals surface area contributed by atoms with Crippen LogP contribution in [-0.2, 0) is 0 Å². The number of rotatable bonds is 1. The molecule has 18 heavy (non-hydrogen) atoms. The lowest BCUT2D eigenvalue weighted by atomic mass is 10.2. The molecule has 1 aliphatic rings. The summed E-state index contributed by atoms with van der Waals surface area (Å²) in [6, 6.07) is 5.46. The van der Waals surface area contributed by atoms with Crippen molar-refractivity contribution < 1.29 is 4.42 Å². The molecule has 3 aromatic rings. The second-order valence-corrected chi connectivity index (χ2v) is 5.36. The molecule has 0 saturated heterocycles. The number of fused-ring (bicyclic) bond motifs is 3. The first-order valence-corrected chi connectivity index (χ1v) is 6.53. The van der Waals surface area contributed by atoms with Gasteiger partial charge in [-0.1, -0.05) is 23.2 Å². The fourth-order valence-electron chi connectivity index (χ4n) is 2.12. The summed E-state index contributed by atoms with van der Waals surface area (Å²) in [5.74, 6) is 1.27. The van der Waals surface area contributed by atoms with Gasteiger partial charge in [0.2, 0.25) is 0 Å². The molecule has 3 nitrogen and oxygen atoms in total. The molecule has 2 aromatic heterocycles. The molecule has 1 saturated carbocycles. The Hall–Kier alpha value is -1.32. The van der Waals surface area contributed by atoms with Gasteiger partial charge in [-0.15, -0.1) is 0 Å². The normalized spacial score (nSPS) is 15.7. The van der Waals surface area contributed by atoms with E-state index < -0.39 is 0 Å². The van der Waals surface area contributed by atoms with Gasteiger partial charge < -0.3 is 4.42 Å². The van der Waals surface area contributed by atoms with Crippen molar-refractivity contribution in [1.82, 2.24) is 9.97 Å². The van der Waals surface area contributed by atoms with E-state index in [1.165, 1.54) is 0 Å². The Bertz CT molecular complexity index is 777. The van der Waals surface area contributed by atoms with Gasteiger partial charge in [0, 0.05) is 16.3 Å². The van der Waals surface area contributed by atoms with Crippen molar-refractivity contribution in [1.29, 1.82) is 0 Å². The van der Waals surface area contributed by atoms with Crippen LogP contribution in [0.5, 0.6) is 0 Å². The minimum Gasteiger partial charge on any atom is -0.451 e. The molecule has 2 heterocycles. The van der Waals surface area contributed by atoms with Gasteiger partial charge in [-0.2, -0.15) is 0 Å². The van der Waals surface area contributed by atoms with E-state index in [0.29, 0.717) is 21.7 Å². The lowest BCUT2D eigenvalue weighted by Crippen LogP contribution is -1.92. The van der Waals surface area contributed by atoms with E-state index in [9.17, 15) is 0 Å². The fraction of sp³-hybridized carbons (Fsp3) is 0.231. The van der Waals surface area contributed by atoms with Gasteiger partial charge in [0.1, 0.15) is 16.9 Å². The van der Waals surface area contributed by atoms with Crippen LogP contribution in [0.3, 0.4) is 0 Å². The number of furan rings is 1. The summed E-state index contributed by atoms with van der Waals surface area (Å²) in [4.78, 5) is 8.89. The van der Waals surface area contributed by atoms with Crippen molar-refractivity contribution in [3.63, 3.8) is 0 Å². The highest BCUT2D eigenvalue weighted by molar-refractivity contribution is 6.35. The first-order chi connectivity index (χ1) is 8.72. The van der Waals surface area contributed by atoms with Crippen molar-refractivity contribution in [2.24, 2.45) is 0 Å². The van der Waals surface area contributed by atoms with E-state index in [0.717, 1.165) is 35.2 Å². The summed E-state index contributed by atoms with van der Waals surface area (Å²) >= 11 is 12.2. The van der Waals surface area contributed by atoms with Crippen LogP contribution in [0.25, 0.3) is 22.1 Å². The molecular formula is C13H8Cl2N2O. The number of nitrogens with zero attached hydrogens (tertiary/aromatic N) is 2. The molecule has 1 aliphatic carbocycles. The van der Waals surface area contributed by atoms with E-state index in [1.54, 1.807) is 6.07 Å². The van der Waals surface area contributed by atoms with Crippen LogP contribution >= 0.6 is 23.2 Å². The molecule has 0 amide bonds. The van der Waals surface area contributed by atoms with Gasteiger partial charge >= 0.3 is 0 Å². The molecule has 0 spiro atoms. The third-order valence-corrected chi connectivity index (χ3v) is 3.68. The Morgan fingerprint density at radius 3 is 2.78 bits per heavy atom. The quantitative estimate of drug-likeness (QED) is 0.613. The Morgan fingerprint density at radius 2 is 2.00 bits per heavy atom. The minimum atomic E-state index is 0.384. The smallest absolute Gasteiger partial charge is 0.191 e. The zero-order valence-corrected chi connectivity index (χ0v) is 10.8. The summed E-state index contributed by atoms with van der Waals surface area (Å²) in [5.41, 5.74) is 2.03. The second kappa shape index (κ2) is 3.59. The Balaban J connectivity index is 2.13. The average molecular weight is 279 g/mol. The molecule has 90 valence electrons. The number of halogens is 2. The Morgan fingerprint density at radius 1 is 1.17 bits per heavy atom. The number of hydrogen-bond acceptors (Lipinski definition) is 3. The highest BCUT2D eigenvalue weighted by Crippen LogP contribution is 2.41. The van der Waals surface area contributed by atoms with Gasteiger partial charge in [0.25, 0.3) is 0 Å². The van der Waals surface area contributed by atoms with E-state index in [-0.39, 0.29) is 0 Å². The van der Waals surface area contributed by atoms with Gasteiger partial charge in [-0.3, -0.25) is 0 Å². The molecule has 0 bridgehead atoms. The highest BCUT2D eigenvalue weighted by Gasteiger charge is 2.28. The maximum absolute atomic E-state index is 6.17. The van der Waals surface area contributed by atoms with Crippen LogP contribution in [0.2, 0.25) is 10.2 Å². The molecule has 0 N–H and O–H groups in total. The first-order valence-electron chi connectivity index (χ1n) is 5.77. The number of benzene rings is 1. The summed E-state index contributed by atoms with van der Waals surface area (Å²) in [5, 5.41) is 1.94. The van der Waals surface area contributed by atoms with Crippen LogP contribution in [0.4, 0.5) is 0 Å². The Kier molecular flexibility index (Phi) is 2.11. The maximum atomic E-state index is 6.17. The topological polar surface area (TPSA) is 38.9 Å². The van der Waals surface area contributed by atoms with E-state index in [2.05, 4.69) is 9.97 Å². The molecule has 0 unspecified atom stereocenters. The number of aromatic nitrogens is 2. The van der Waals surface area contributed by atoms with Crippen molar-refractivity contribution in [2.45, 2.75) is 18.8 Å². The molecule has 1 aromatic carbocycles. The van der Waals surface area contributed by atoms with Crippen molar-refractivity contribution >= 4 is 45.3 Å². The standard InChI is InChI=1S/C13H8Cl2N2O/c14-7-3-4-9-8(5-7)10-11(18-9)12(15)17-13(16-10)6-1-2-6/h3-6H,1-2H2. The third-order valence-electron chi connectivity index (χ3n) is 3.19. The van der Waals surface area contributed by atoms with Crippen LogP contribution in [0.1, 0.15) is 24.6 Å². The van der Waals surface area contributed by atoms with Crippen LogP contribution in [0.15, 0.2) is 22.6 Å². The molecule has 0 radical (unpaired) electrons. The van der Waals surface area contributed by atoms with Crippen LogP contribution in [0, 0.1) is 0 Å². The monoisotopic (exact) mass is 278 g/mol.